The van der Waals surface area contributed by atoms with Crippen molar-refractivity contribution >= 4 is 46.7 Å². The number of aryl methyl sites for hydroxylation is 1. The Morgan fingerprint density at radius 1 is 0.772 bits per heavy atom. The summed E-state index contributed by atoms with van der Waals surface area (Å²) >= 11 is 0. The van der Waals surface area contributed by atoms with Gasteiger partial charge in [0.05, 0.1) is 17.0 Å². The Balaban J connectivity index is 1.70. The van der Waals surface area contributed by atoms with E-state index in [4.69, 9.17) is 9.16 Å². The van der Waals surface area contributed by atoms with Crippen LogP contribution in [0.15, 0.2) is 157 Å². The summed E-state index contributed by atoms with van der Waals surface area (Å²) in [6.07, 6.45) is -0.743. The maximum atomic E-state index is 14.2. The van der Waals surface area contributed by atoms with Crippen LogP contribution in [0.5, 0.6) is 0 Å². The maximum absolute atomic E-state index is 14.2. The summed E-state index contributed by atoms with van der Waals surface area (Å²) in [5.41, 5.74) is 2.51. The van der Waals surface area contributed by atoms with Gasteiger partial charge >= 0.3 is 5.97 Å². The van der Waals surface area contributed by atoms with E-state index in [2.05, 4.69) is 30.8 Å². The van der Waals surface area contributed by atoms with Crippen LogP contribution < -0.4 is 20.4 Å². The first kappa shape index (κ1) is 43.0. The van der Waals surface area contributed by atoms with Gasteiger partial charge in [-0.15, -0.1) is 0 Å². The van der Waals surface area contributed by atoms with Crippen LogP contribution >= 0.6 is 0 Å². The molecule has 0 spiro atoms. The lowest BCUT2D eigenvalue weighted by molar-refractivity contribution is -0.158. The fourth-order valence-electron chi connectivity index (χ4n) is 6.97. The highest BCUT2D eigenvalue weighted by Gasteiger charge is 2.54. The first-order valence-corrected chi connectivity index (χ1v) is 22.4. The third-order valence-corrected chi connectivity index (χ3v) is 16.3. The number of ether oxygens (including phenoxy) is 1. The Labute approximate surface area is 338 Å². The van der Waals surface area contributed by atoms with Crippen molar-refractivity contribution in [3.05, 3.63) is 168 Å². The lowest BCUT2D eigenvalue weighted by Crippen LogP contribution is -2.70. The van der Waals surface area contributed by atoms with Gasteiger partial charge < -0.3 is 19.6 Å². The third kappa shape index (κ3) is 11.0. The molecular weight excluding hydrogens is 753 g/mol. The van der Waals surface area contributed by atoms with Crippen molar-refractivity contribution in [1.82, 2.24) is 10.0 Å². The van der Waals surface area contributed by atoms with E-state index in [-0.39, 0.29) is 17.9 Å². The van der Waals surface area contributed by atoms with Gasteiger partial charge in [-0.2, -0.15) is 0 Å². The van der Waals surface area contributed by atoms with E-state index in [1.54, 1.807) is 12.1 Å². The highest BCUT2D eigenvalue weighted by atomic mass is 32.2. The normalized spacial score (nSPS) is 14.4. The fourth-order valence-corrected chi connectivity index (χ4v) is 12.9. The highest BCUT2D eigenvalue weighted by Crippen LogP contribution is 2.39. The van der Waals surface area contributed by atoms with Crippen LogP contribution in [0.25, 0.3) is 6.08 Å². The summed E-state index contributed by atoms with van der Waals surface area (Å²) in [7, 11) is -7.86. The molecule has 5 aromatic carbocycles. The predicted molar refractivity (Wildman–Crippen MR) is 228 cm³/mol. The Bertz CT molecular complexity index is 2140. The molecule has 5 rings (SSSR count). The first-order valence-electron chi connectivity index (χ1n) is 19.0. The molecule has 3 N–H and O–H groups in total. The van der Waals surface area contributed by atoms with Crippen molar-refractivity contribution in [1.29, 1.82) is 0 Å². The summed E-state index contributed by atoms with van der Waals surface area (Å²) in [6.45, 7) is 9.40. The van der Waals surface area contributed by atoms with Gasteiger partial charge in [-0.1, -0.05) is 172 Å². The average molecular weight is 805 g/mol. The minimum Gasteiger partial charge on any atom is -0.458 e. The largest absolute Gasteiger partial charge is 0.458 e. The van der Waals surface area contributed by atoms with Crippen molar-refractivity contribution in [3.8, 4) is 0 Å². The lowest BCUT2D eigenvalue weighted by atomic mass is 9.97. The first-order chi connectivity index (χ1) is 27.2. The van der Waals surface area contributed by atoms with Gasteiger partial charge in [0.15, 0.2) is 6.10 Å². The molecule has 0 radical (unpaired) electrons. The molecule has 1 amide bonds. The number of esters is 1. The molecule has 11 heteroatoms. The van der Waals surface area contributed by atoms with Crippen LogP contribution in [-0.2, 0) is 35.3 Å². The third-order valence-electron chi connectivity index (χ3n) is 9.79. The predicted octanol–water partition coefficient (Wildman–Crippen LogP) is 6.30. The number of rotatable bonds is 17. The summed E-state index contributed by atoms with van der Waals surface area (Å²) < 4.78 is 44.7. The number of nitrogens with one attached hydrogen (secondary N) is 2. The molecule has 0 saturated carbocycles. The molecule has 298 valence electrons. The van der Waals surface area contributed by atoms with Gasteiger partial charge in [0.25, 0.3) is 14.2 Å². The number of sulfonamides is 1. The maximum Gasteiger partial charge on any atom is 0.303 e. The van der Waals surface area contributed by atoms with E-state index >= 15 is 0 Å². The van der Waals surface area contributed by atoms with E-state index in [9.17, 15) is 23.1 Å². The second-order valence-electron chi connectivity index (χ2n) is 15.1. The zero-order chi connectivity index (χ0) is 41.1. The van der Waals surface area contributed by atoms with Crippen molar-refractivity contribution in [2.75, 3.05) is 0 Å². The second-order valence-corrected chi connectivity index (χ2v) is 21.0. The number of amides is 1. The zero-order valence-electron chi connectivity index (χ0n) is 33.0. The minimum atomic E-state index is -4.42. The van der Waals surface area contributed by atoms with E-state index in [1.807, 2.05) is 140 Å². The van der Waals surface area contributed by atoms with E-state index in [0.717, 1.165) is 27.1 Å². The average Bonchev–Trinajstić information content (AvgIpc) is 3.20. The molecule has 0 bridgehead atoms. The summed E-state index contributed by atoms with van der Waals surface area (Å²) in [4.78, 5) is 27.0. The Morgan fingerprint density at radius 3 is 1.79 bits per heavy atom. The Kier molecular flexibility index (Phi) is 14.6. The quantitative estimate of drug-likeness (QED) is 0.0744. The van der Waals surface area contributed by atoms with E-state index in [1.165, 1.54) is 19.1 Å². The molecule has 0 fully saturated rings. The van der Waals surface area contributed by atoms with Gasteiger partial charge in [0, 0.05) is 13.5 Å². The molecule has 0 heterocycles. The number of hydrogen-bond donors (Lipinski definition) is 3. The molecule has 4 atom stereocenters. The summed E-state index contributed by atoms with van der Waals surface area (Å²) in [6, 6.07) is 43.0. The minimum absolute atomic E-state index is 0.0637. The van der Waals surface area contributed by atoms with Crippen LogP contribution in [-0.4, -0.2) is 58.1 Å². The van der Waals surface area contributed by atoms with Crippen molar-refractivity contribution in [3.63, 3.8) is 0 Å². The van der Waals surface area contributed by atoms with Crippen LogP contribution in [0.4, 0.5) is 0 Å². The fraction of sp³-hybridized carbons (Fsp3) is 0.261. The number of aliphatic hydroxyl groups excluding tert-OH is 1. The molecule has 0 aliphatic rings. The van der Waals surface area contributed by atoms with E-state index < -0.39 is 59.6 Å². The van der Waals surface area contributed by atoms with E-state index in [0.29, 0.717) is 0 Å². The standard InChI is InChI=1S/C46H52N2O7SSi/c1-34-29-31-38(32-30-34)56(52,53)48-42(43(50)45(51)47-33-37-21-12-7-13-22-37)44(54-35(2)49)41(28-18-23-36-19-10-6-11-20-36)55-57(46(3,4)5,39-24-14-8-15-25-39)40-26-16-9-17-27-40/h6-27,29-32,41-44,48,50H,28,33H2,1-5H3,(H,47,51)/b23-18+/t41-,42-,43-,44+/m0/s1. The van der Waals surface area contributed by atoms with Crippen LogP contribution in [0, 0.1) is 6.92 Å². The molecular formula is C46H52N2O7SSi. The molecule has 0 aromatic heterocycles. The number of carbonyl (C=O) groups is 2. The van der Waals surface area contributed by atoms with Crippen LogP contribution in [0.2, 0.25) is 5.04 Å². The van der Waals surface area contributed by atoms with Gasteiger partial charge in [0.1, 0.15) is 6.10 Å². The van der Waals surface area contributed by atoms with Crippen molar-refractivity contribution in [2.45, 2.75) is 81.9 Å². The molecule has 9 nitrogen and oxygen atoms in total. The second kappa shape index (κ2) is 19.3. The SMILES string of the molecule is CC(=O)O[C@@H]([C@@H](NS(=O)(=O)c1ccc(C)cc1)[C@H](O)C(=O)NCc1ccccc1)[C@H](C/C=C/c1ccccc1)O[Si](c1ccccc1)(c1ccccc1)C(C)(C)C. The number of hydrogen-bond acceptors (Lipinski definition) is 7. The molecule has 0 unspecified atom stereocenters. The summed E-state index contributed by atoms with van der Waals surface area (Å²) in [5, 5.41) is 16.1. The monoisotopic (exact) mass is 804 g/mol. The van der Waals surface area contributed by atoms with Crippen molar-refractivity contribution in [2.24, 2.45) is 0 Å². The highest BCUT2D eigenvalue weighted by molar-refractivity contribution is 7.89. The molecule has 57 heavy (non-hydrogen) atoms. The Hall–Kier alpha value is -5.17. The smallest absolute Gasteiger partial charge is 0.303 e. The van der Waals surface area contributed by atoms with Crippen molar-refractivity contribution < 1.29 is 32.3 Å². The lowest BCUT2D eigenvalue weighted by Gasteiger charge is -2.47. The van der Waals surface area contributed by atoms with Crippen LogP contribution in [0.1, 0.15) is 50.8 Å². The molecule has 0 aliphatic carbocycles. The number of carbonyl (C=O) groups excluding carboxylic acids is 2. The topological polar surface area (TPSA) is 131 Å². The molecule has 5 aromatic rings. The van der Waals surface area contributed by atoms with Gasteiger partial charge in [-0.05, 0) is 52.0 Å². The number of aliphatic hydroxyl groups is 1. The molecule has 0 saturated heterocycles. The number of benzene rings is 5. The molecule has 0 aliphatic heterocycles. The van der Waals surface area contributed by atoms with Gasteiger partial charge in [0.2, 0.25) is 10.0 Å². The van der Waals surface area contributed by atoms with Gasteiger partial charge in [-0.3, -0.25) is 9.59 Å². The Morgan fingerprint density at radius 2 is 1.28 bits per heavy atom. The van der Waals surface area contributed by atoms with Crippen LogP contribution in [0.3, 0.4) is 0 Å². The summed E-state index contributed by atoms with van der Waals surface area (Å²) in [5.74, 6) is -1.61. The zero-order valence-corrected chi connectivity index (χ0v) is 34.9. The van der Waals surface area contributed by atoms with Gasteiger partial charge in [-0.25, -0.2) is 13.1 Å².